The first-order chi connectivity index (χ1) is 9.09. The molecule has 1 atom stereocenters. The summed E-state index contributed by atoms with van der Waals surface area (Å²) in [4.78, 5) is 26.8. The zero-order valence-corrected chi connectivity index (χ0v) is 12.2. The van der Waals surface area contributed by atoms with Gasteiger partial charge in [-0.2, -0.15) is 11.8 Å². The number of carbonyl (C=O) groups excluding carboxylic acids is 1. The molecule has 2 amide bonds. The minimum atomic E-state index is -0.894. The molecule has 1 aliphatic heterocycles. The van der Waals surface area contributed by atoms with Crippen molar-refractivity contribution >= 4 is 23.8 Å². The molecule has 0 bridgehead atoms. The summed E-state index contributed by atoms with van der Waals surface area (Å²) in [6, 6.07) is -0.795. The summed E-state index contributed by atoms with van der Waals surface area (Å²) in [5.41, 5.74) is 0. The van der Waals surface area contributed by atoms with E-state index < -0.39 is 12.0 Å². The van der Waals surface area contributed by atoms with Crippen LogP contribution in [0.5, 0.6) is 0 Å². The Labute approximate surface area is 118 Å². The Hall–Kier alpha value is -0.910. The van der Waals surface area contributed by atoms with Gasteiger partial charge in [-0.05, 0) is 18.8 Å². The summed E-state index contributed by atoms with van der Waals surface area (Å²) in [6.45, 7) is 1.30. The van der Waals surface area contributed by atoms with Crippen molar-refractivity contribution in [3.8, 4) is 0 Å². The van der Waals surface area contributed by atoms with E-state index in [0.717, 1.165) is 12.3 Å². The van der Waals surface area contributed by atoms with Crippen molar-refractivity contribution in [1.29, 1.82) is 0 Å². The van der Waals surface area contributed by atoms with Gasteiger partial charge >= 0.3 is 12.0 Å². The van der Waals surface area contributed by atoms with E-state index in [1.165, 1.54) is 30.6 Å². The van der Waals surface area contributed by atoms with E-state index in [1.807, 2.05) is 0 Å². The van der Waals surface area contributed by atoms with Crippen LogP contribution in [0.25, 0.3) is 0 Å². The normalized spacial score (nSPS) is 24.5. The number of urea groups is 1. The van der Waals surface area contributed by atoms with E-state index in [2.05, 4.69) is 0 Å². The molecule has 1 aliphatic carbocycles. The molecule has 5 nitrogen and oxygen atoms in total. The topological polar surface area (TPSA) is 60.9 Å². The number of carboxylic acids is 1. The molecule has 0 radical (unpaired) electrons. The predicted octanol–water partition coefficient (Wildman–Crippen LogP) is 1.73. The molecular weight excluding hydrogens is 264 g/mol. The zero-order valence-electron chi connectivity index (χ0n) is 11.4. The van der Waals surface area contributed by atoms with Crippen LogP contribution in [-0.2, 0) is 4.79 Å². The van der Waals surface area contributed by atoms with Gasteiger partial charge in [-0.1, -0.05) is 12.8 Å². The lowest BCUT2D eigenvalue weighted by molar-refractivity contribution is -0.141. The highest BCUT2D eigenvalue weighted by molar-refractivity contribution is 7.99. The number of rotatable bonds is 3. The lowest BCUT2D eigenvalue weighted by Gasteiger charge is -2.36. The average Bonchev–Trinajstić information content (AvgIpc) is 2.90. The van der Waals surface area contributed by atoms with Crippen molar-refractivity contribution in [1.82, 2.24) is 9.80 Å². The number of hydrogen-bond acceptors (Lipinski definition) is 3. The van der Waals surface area contributed by atoms with Gasteiger partial charge in [-0.3, -0.25) is 0 Å². The van der Waals surface area contributed by atoms with Crippen LogP contribution in [0.4, 0.5) is 4.79 Å². The third-order valence-corrected chi connectivity index (χ3v) is 5.02. The summed E-state index contributed by atoms with van der Waals surface area (Å²) < 4.78 is 0. The molecule has 2 rings (SSSR count). The molecule has 1 saturated carbocycles. The van der Waals surface area contributed by atoms with Crippen molar-refractivity contribution in [2.24, 2.45) is 5.92 Å². The molecule has 108 valence electrons. The number of aliphatic carboxylic acids is 1. The molecule has 2 fully saturated rings. The fraction of sp³-hybridized carbons (Fsp3) is 0.846. The molecule has 0 aromatic rings. The molecule has 6 heteroatoms. The van der Waals surface area contributed by atoms with E-state index in [4.69, 9.17) is 0 Å². The number of carboxylic acid groups (broad SMARTS) is 1. The highest BCUT2D eigenvalue weighted by Crippen LogP contribution is 2.26. The van der Waals surface area contributed by atoms with Crippen molar-refractivity contribution in [3.63, 3.8) is 0 Å². The summed E-state index contributed by atoms with van der Waals surface area (Å²) in [6.07, 6.45) is 4.89. The van der Waals surface area contributed by atoms with Gasteiger partial charge in [-0.15, -0.1) is 0 Å². The van der Waals surface area contributed by atoms with E-state index in [-0.39, 0.29) is 6.03 Å². The molecule has 2 aliphatic rings. The number of nitrogens with zero attached hydrogens (tertiary/aromatic N) is 2. The smallest absolute Gasteiger partial charge is 0.327 e. The third kappa shape index (κ3) is 3.55. The van der Waals surface area contributed by atoms with Gasteiger partial charge in [0.15, 0.2) is 0 Å². The number of carbonyl (C=O) groups is 2. The number of hydrogen-bond donors (Lipinski definition) is 1. The second-order valence-electron chi connectivity index (χ2n) is 5.44. The Bertz CT molecular complexity index is 345. The molecule has 1 N–H and O–H groups in total. The molecule has 1 saturated heterocycles. The lowest BCUT2D eigenvalue weighted by atomic mass is 10.1. The second-order valence-corrected chi connectivity index (χ2v) is 6.59. The van der Waals surface area contributed by atoms with Gasteiger partial charge in [-0.25, -0.2) is 9.59 Å². The van der Waals surface area contributed by atoms with Crippen LogP contribution in [0.15, 0.2) is 0 Å². The minimum Gasteiger partial charge on any atom is -0.480 e. The third-order valence-electron chi connectivity index (χ3n) is 3.99. The van der Waals surface area contributed by atoms with Crippen molar-refractivity contribution in [2.45, 2.75) is 31.7 Å². The predicted molar refractivity (Wildman–Crippen MR) is 75.4 cm³/mol. The summed E-state index contributed by atoms with van der Waals surface area (Å²) in [5.74, 6) is 1.02. The van der Waals surface area contributed by atoms with Gasteiger partial charge in [0.05, 0.1) is 0 Å². The fourth-order valence-electron chi connectivity index (χ4n) is 2.91. The quantitative estimate of drug-likeness (QED) is 0.858. The molecule has 0 aromatic heterocycles. The van der Waals surface area contributed by atoms with Crippen LogP contribution < -0.4 is 0 Å². The largest absolute Gasteiger partial charge is 0.480 e. The molecule has 1 unspecified atom stereocenters. The lowest BCUT2D eigenvalue weighted by Crippen LogP contribution is -2.54. The molecule has 0 aromatic carbocycles. The molecular formula is C13H22N2O3S. The first-order valence-electron chi connectivity index (χ1n) is 6.92. The highest BCUT2D eigenvalue weighted by atomic mass is 32.2. The first kappa shape index (κ1) is 14.5. The Morgan fingerprint density at radius 2 is 2.05 bits per heavy atom. The van der Waals surface area contributed by atoms with E-state index in [1.54, 1.807) is 23.7 Å². The van der Waals surface area contributed by atoms with Gasteiger partial charge in [0.1, 0.15) is 6.04 Å². The maximum atomic E-state index is 12.4. The Morgan fingerprint density at radius 3 is 2.68 bits per heavy atom. The van der Waals surface area contributed by atoms with Crippen LogP contribution in [0, 0.1) is 5.92 Å². The van der Waals surface area contributed by atoms with Crippen LogP contribution in [0.3, 0.4) is 0 Å². The van der Waals surface area contributed by atoms with Crippen LogP contribution in [-0.4, -0.2) is 64.6 Å². The van der Waals surface area contributed by atoms with Crippen LogP contribution in [0.1, 0.15) is 25.7 Å². The summed E-state index contributed by atoms with van der Waals surface area (Å²) >= 11 is 1.60. The fourth-order valence-corrected chi connectivity index (χ4v) is 3.95. The van der Waals surface area contributed by atoms with Gasteiger partial charge < -0.3 is 14.9 Å². The van der Waals surface area contributed by atoms with Crippen molar-refractivity contribution < 1.29 is 14.7 Å². The maximum absolute atomic E-state index is 12.4. The SMILES string of the molecule is CN(CC1CCCC1)C(=O)N1CCSCC1C(=O)O. The Balaban J connectivity index is 1.93. The van der Waals surface area contributed by atoms with Gasteiger partial charge in [0, 0.05) is 31.6 Å². The zero-order chi connectivity index (χ0) is 13.8. The van der Waals surface area contributed by atoms with E-state index >= 15 is 0 Å². The van der Waals surface area contributed by atoms with Gasteiger partial charge in [0.25, 0.3) is 0 Å². The first-order valence-corrected chi connectivity index (χ1v) is 8.07. The second kappa shape index (κ2) is 6.50. The molecule has 19 heavy (non-hydrogen) atoms. The van der Waals surface area contributed by atoms with E-state index in [0.29, 0.717) is 18.2 Å². The van der Waals surface area contributed by atoms with E-state index in [9.17, 15) is 14.7 Å². The monoisotopic (exact) mass is 286 g/mol. The minimum absolute atomic E-state index is 0.125. The molecule has 0 spiro atoms. The summed E-state index contributed by atoms with van der Waals surface area (Å²) in [5, 5.41) is 9.20. The highest BCUT2D eigenvalue weighted by Gasteiger charge is 2.34. The Kier molecular flexibility index (Phi) is 4.96. The maximum Gasteiger partial charge on any atom is 0.327 e. The molecule has 1 heterocycles. The number of thioether (sulfide) groups is 1. The van der Waals surface area contributed by atoms with Crippen molar-refractivity contribution in [2.75, 3.05) is 31.6 Å². The van der Waals surface area contributed by atoms with Crippen molar-refractivity contribution in [3.05, 3.63) is 0 Å². The van der Waals surface area contributed by atoms with Gasteiger partial charge in [0.2, 0.25) is 0 Å². The summed E-state index contributed by atoms with van der Waals surface area (Å²) in [7, 11) is 1.79. The average molecular weight is 286 g/mol. The van der Waals surface area contributed by atoms with Crippen LogP contribution in [0.2, 0.25) is 0 Å². The Morgan fingerprint density at radius 1 is 1.37 bits per heavy atom. The number of amides is 2. The standard InChI is InChI=1S/C13H22N2O3S/c1-14(8-10-4-2-3-5-10)13(18)15-6-7-19-9-11(15)12(16)17/h10-11H,2-9H2,1H3,(H,16,17). The van der Waals surface area contributed by atoms with Crippen LogP contribution >= 0.6 is 11.8 Å².